The molecule has 0 amide bonds. The Hall–Kier alpha value is -1.36. The number of alkyl halides is 2. The first-order valence-electron chi connectivity index (χ1n) is 4.43. The quantitative estimate of drug-likeness (QED) is 0.841. The number of halogens is 2. The second-order valence-corrected chi connectivity index (χ2v) is 3.08. The molecule has 1 aromatic carbocycles. The van der Waals surface area contributed by atoms with Gasteiger partial charge in [-0.1, -0.05) is 6.07 Å². The molecule has 0 spiro atoms. The number of hydrogen-bond acceptors (Lipinski definition) is 3. The maximum Gasteiger partial charge on any atom is 0.387 e. The molecule has 0 aliphatic heterocycles. The maximum absolute atomic E-state index is 12.0. The molecule has 0 saturated carbocycles. The lowest BCUT2D eigenvalue weighted by Gasteiger charge is -2.12. The van der Waals surface area contributed by atoms with Crippen molar-refractivity contribution in [3.8, 4) is 11.5 Å². The number of nitrogens with two attached hydrogens (primary N) is 1. The monoisotopic (exact) mass is 217 g/mol. The summed E-state index contributed by atoms with van der Waals surface area (Å²) in [6.07, 6.45) is 0. The van der Waals surface area contributed by atoms with Crippen molar-refractivity contribution in [2.45, 2.75) is 19.6 Å². The van der Waals surface area contributed by atoms with Gasteiger partial charge in [-0.25, -0.2) is 0 Å². The van der Waals surface area contributed by atoms with Crippen LogP contribution in [0.5, 0.6) is 11.5 Å². The summed E-state index contributed by atoms with van der Waals surface area (Å²) in [6.45, 7) is -1.07. The van der Waals surface area contributed by atoms with Gasteiger partial charge in [-0.3, -0.25) is 0 Å². The Morgan fingerprint density at radius 3 is 2.40 bits per heavy atom. The molecule has 0 aliphatic carbocycles. The van der Waals surface area contributed by atoms with Crippen molar-refractivity contribution in [1.29, 1.82) is 0 Å². The molecule has 1 rings (SSSR count). The number of hydrogen-bond donors (Lipinski definition) is 1. The lowest BCUT2D eigenvalue weighted by molar-refractivity contribution is -0.0512. The average Bonchev–Trinajstić information content (AvgIpc) is 2.17. The van der Waals surface area contributed by atoms with E-state index in [0.717, 1.165) is 5.56 Å². The molecule has 2 N–H and O–H groups in total. The van der Waals surface area contributed by atoms with Crippen molar-refractivity contribution in [2.75, 3.05) is 7.11 Å². The first kappa shape index (κ1) is 11.7. The molecule has 84 valence electrons. The predicted molar refractivity (Wildman–Crippen MR) is 52.2 cm³/mol. The van der Waals surface area contributed by atoms with Crippen molar-refractivity contribution in [3.05, 3.63) is 23.8 Å². The van der Waals surface area contributed by atoms with Crippen LogP contribution in [0.15, 0.2) is 18.2 Å². The summed E-state index contributed by atoms with van der Waals surface area (Å²) < 4.78 is 33.2. The third kappa shape index (κ3) is 3.06. The molecule has 5 heteroatoms. The van der Waals surface area contributed by atoms with Gasteiger partial charge in [0, 0.05) is 6.04 Å². The van der Waals surface area contributed by atoms with Gasteiger partial charge in [0.2, 0.25) is 0 Å². The zero-order valence-electron chi connectivity index (χ0n) is 8.54. The van der Waals surface area contributed by atoms with Crippen molar-refractivity contribution >= 4 is 0 Å². The van der Waals surface area contributed by atoms with Gasteiger partial charge in [0.25, 0.3) is 0 Å². The second kappa shape index (κ2) is 4.93. The summed E-state index contributed by atoms with van der Waals surface area (Å²) in [5, 5.41) is 0. The molecule has 0 aromatic heterocycles. The zero-order valence-corrected chi connectivity index (χ0v) is 8.54. The van der Waals surface area contributed by atoms with Gasteiger partial charge in [-0.05, 0) is 24.6 Å². The summed E-state index contributed by atoms with van der Waals surface area (Å²) in [4.78, 5) is 0. The molecule has 0 saturated heterocycles. The van der Waals surface area contributed by atoms with Crippen molar-refractivity contribution < 1.29 is 18.3 Å². The van der Waals surface area contributed by atoms with E-state index in [-0.39, 0.29) is 17.5 Å². The number of rotatable bonds is 4. The summed E-state index contributed by atoms with van der Waals surface area (Å²) in [7, 11) is 1.39. The van der Waals surface area contributed by atoms with E-state index < -0.39 is 6.61 Å². The Balaban J connectivity index is 2.98. The van der Waals surface area contributed by atoms with Crippen LogP contribution < -0.4 is 15.2 Å². The lowest BCUT2D eigenvalue weighted by atomic mass is 10.1. The molecular weight excluding hydrogens is 204 g/mol. The number of ether oxygens (including phenoxy) is 2. The standard InChI is InChI=1S/C10H13F2NO2/c1-6(13)7-3-4-8(15-10(11)12)9(5-7)14-2/h3-6,10H,13H2,1-2H3/t6-/m0/s1. The van der Waals surface area contributed by atoms with E-state index in [9.17, 15) is 8.78 Å². The van der Waals surface area contributed by atoms with E-state index in [1.54, 1.807) is 19.1 Å². The molecule has 1 aromatic rings. The van der Waals surface area contributed by atoms with Crippen LogP contribution >= 0.6 is 0 Å². The molecule has 1 atom stereocenters. The highest BCUT2D eigenvalue weighted by atomic mass is 19.3. The van der Waals surface area contributed by atoms with Crippen molar-refractivity contribution in [2.24, 2.45) is 5.73 Å². The molecular formula is C10H13F2NO2. The zero-order chi connectivity index (χ0) is 11.4. The van der Waals surface area contributed by atoms with Crippen LogP contribution in [0.2, 0.25) is 0 Å². The minimum absolute atomic E-state index is 0.0110. The molecule has 0 heterocycles. The lowest BCUT2D eigenvalue weighted by Crippen LogP contribution is -2.07. The fourth-order valence-electron chi connectivity index (χ4n) is 1.16. The Morgan fingerprint density at radius 1 is 1.27 bits per heavy atom. The van der Waals surface area contributed by atoms with Crippen molar-refractivity contribution in [1.82, 2.24) is 0 Å². The summed E-state index contributed by atoms with van der Waals surface area (Å²) in [5.74, 6) is 0.266. The van der Waals surface area contributed by atoms with Gasteiger partial charge in [0.05, 0.1) is 7.11 Å². The van der Waals surface area contributed by atoms with E-state index in [4.69, 9.17) is 10.5 Å². The average molecular weight is 217 g/mol. The Labute approximate surface area is 86.8 Å². The van der Waals surface area contributed by atoms with E-state index >= 15 is 0 Å². The summed E-state index contributed by atoms with van der Waals surface area (Å²) >= 11 is 0. The fraction of sp³-hybridized carbons (Fsp3) is 0.400. The van der Waals surface area contributed by atoms with Gasteiger partial charge >= 0.3 is 6.61 Å². The van der Waals surface area contributed by atoms with E-state index in [1.807, 2.05) is 0 Å². The third-order valence-electron chi connectivity index (χ3n) is 1.93. The smallest absolute Gasteiger partial charge is 0.387 e. The minimum atomic E-state index is -2.86. The third-order valence-corrected chi connectivity index (χ3v) is 1.93. The van der Waals surface area contributed by atoms with Gasteiger partial charge in [0.15, 0.2) is 11.5 Å². The van der Waals surface area contributed by atoms with E-state index in [1.165, 1.54) is 13.2 Å². The van der Waals surface area contributed by atoms with Gasteiger partial charge < -0.3 is 15.2 Å². The van der Waals surface area contributed by atoms with Gasteiger partial charge in [-0.2, -0.15) is 8.78 Å². The normalized spacial score (nSPS) is 12.7. The minimum Gasteiger partial charge on any atom is -0.493 e. The van der Waals surface area contributed by atoms with Crippen LogP contribution in [-0.4, -0.2) is 13.7 Å². The maximum atomic E-state index is 12.0. The first-order valence-corrected chi connectivity index (χ1v) is 4.43. The first-order chi connectivity index (χ1) is 7.04. The number of benzene rings is 1. The molecule has 0 unspecified atom stereocenters. The molecule has 0 bridgehead atoms. The van der Waals surface area contributed by atoms with E-state index in [2.05, 4.69) is 4.74 Å². The molecule has 0 fully saturated rings. The van der Waals surface area contributed by atoms with Crippen LogP contribution in [0.25, 0.3) is 0 Å². The van der Waals surface area contributed by atoms with Crippen molar-refractivity contribution in [3.63, 3.8) is 0 Å². The summed E-state index contributed by atoms with van der Waals surface area (Å²) in [6, 6.07) is 4.45. The Bertz CT molecular complexity index is 329. The van der Waals surface area contributed by atoms with Crippen LogP contribution in [0, 0.1) is 0 Å². The molecule has 0 aliphatic rings. The highest BCUT2D eigenvalue weighted by Crippen LogP contribution is 2.30. The fourth-order valence-corrected chi connectivity index (χ4v) is 1.16. The largest absolute Gasteiger partial charge is 0.493 e. The Morgan fingerprint density at radius 2 is 1.93 bits per heavy atom. The van der Waals surface area contributed by atoms with Crippen LogP contribution in [0.4, 0.5) is 8.78 Å². The second-order valence-electron chi connectivity index (χ2n) is 3.08. The molecule has 3 nitrogen and oxygen atoms in total. The van der Waals surface area contributed by atoms with Gasteiger partial charge in [-0.15, -0.1) is 0 Å². The van der Waals surface area contributed by atoms with Gasteiger partial charge in [0.1, 0.15) is 0 Å². The molecule has 0 radical (unpaired) electrons. The topological polar surface area (TPSA) is 44.5 Å². The summed E-state index contributed by atoms with van der Waals surface area (Å²) in [5.41, 5.74) is 6.44. The molecule has 15 heavy (non-hydrogen) atoms. The van der Waals surface area contributed by atoms with Crippen LogP contribution in [-0.2, 0) is 0 Å². The van der Waals surface area contributed by atoms with Crippen LogP contribution in [0.1, 0.15) is 18.5 Å². The Kier molecular flexibility index (Phi) is 3.85. The van der Waals surface area contributed by atoms with E-state index in [0.29, 0.717) is 0 Å². The number of methoxy groups -OCH3 is 1. The highest BCUT2D eigenvalue weighted by molar-refractivity contribution is 5.43. The highest BCUT2D eigenvalue weighted by Gasteiger charge is 2.11. The predicted octanol–water partition coefficient (Wildman–Crippen LogP) is 2.32. The van der Waals surface area contributed by atoms with Crippen LogP contribution in [0.3, 0.4) is 0 Å². The SMILES string of the molecule is COc1cc([C@H](C)N)ccc1OC(F)F.